The maximum atomic E-state index is 11.0. The van der Waals surface area contributed by atoms with Crippen molar-refractivity contribution in [2.24, 2.45) is 0 Å². The predicted octanol–water partition coefficient (Wildman–Crippen LogP) is 3.08. The van der Waals surface area contributed by atoms with E-state index < -0.39 is 5.97 Å². The Hall–Kier alpha value is -1.48. The summed E-state index contributed by atoms with van der Waals surface area (Å²) in [7, 11) is 0. The van der Waals surface area contributed by atoms with Gasteiger partial charge in [0.1, 0.15) is 0 Å². The lowest BCUT2D eigenvalue weighted by atomic mass is 10.0. The van der Waals surface area contributed by atoms with Crippen molar-refractivity contribution >= 4 is 28.5 Å². The Labute approximate surface area is 91.7 Å². The first kappa shape index (κ1) is 10.1. The second kappa shape index (κ2) is 3.59. The molecule has 0 atom stereocenters. The van der Waals surface area contributed by atoms with Crippen molar-refractivity contribution in [3.8, 4) is 0 Å². The van der Waals surface area contributed by atoms with E-state index >= 15 is 0 Å². The van der Waals surface area contributed by atoms with E-state index in [1.165, 1.54) is 0 Å². The van der Waals surface area contributed by atoms with Gasteiger partial charge in [-0.1, -0.05) is 18.5 Å². The number of hydrogen-bond donors (Lipinski definition) is 2. The molecule has 0 amide bonds. The maximum Gasteiger partial charge on any atom is 0.337 e. The van der Waals surface area contributed by atoms with Crippen LogP contribution in [0.2, 0.25) is 5.02 Å². The SMILES string of the molecule is CCc1cc(C(=O)O)c(Cl)c2cc[nH]c12. The monoisotopic (exact) mass is 223 g/mol. The number of fused-ring (bicyclic) bond motifs is 1. The second-order valence-corrected chi connectivity index (χ2v) is 3.70. The molecule has 0 saturated carbocycles. The Kier molecular flexibility index (Phi) is 2.40. The van der Waals surface area contributed by atoms with Gasteiger partial charge in [0.05, 0.1) is 16.1 Å². The number of carbonyl (C=O) groups is 1. The molecule has 3 nitrogen and oxygen atoms in total. The summed E-state index contributed by atoms with van der Waals surface area (Å²) in [5.41, 5.74) is 2.06. The predicted molar refractivity (Wildman–Crippen MR) is 59.6 cm³/mol. The van der Waals surface area contributed by atoms with Crippen LogP contribution in [0.15, 0.2) is 18.3 Å². The number of aromatic carboxylic acids is 1. The Morgan fingerprint density at radius 1 is 1.60 bits per heavy atom. The first-order chi connectivity index (χ1) is 7.15. The second-order valence-electron chi connectivity index (χ2n) is 3.32. The molecular weight excluding hydrogens is 214 g/mol. The molecule has 0 aliphatic heterocycles. The van der Waals surface area contributed by atoms with Crippen LogP contribution in [0.1, 0.15) is 22.8 Å². The normalized spacial score (nSPS) is 10.8. The number of halogens is 1. The number of aromatic nitrogens is 1. The number of carboxylic acids is 1. The summed E-state index contributed by atoms with van der Waals surface area (Å²) >= 11 is 6.01. The molecule has 1 aromatic heterocycles. The van der Waals surface area contributed by atoms with Crippen molar-refractivity contribution in [2.75, 3.05) is 0 Å². The zero-order valence-electron chi connectivity index (χ0n) is 8.17. The minimum Gasteiger partial charge on any atom is -0.478 e. The number of benzene rings is 1. The van der Waals surface area contributed by atoms with E-state index in [2.05, 4.69) is 4.98 Å². The van der Waals surface area contributed by atoms with Crippen LogP contribution in [0.3, 0.4) is 0 Å². The van der Waals surface area contributed by atoms with Gasteiger partial charge in [-0.15, -0.1) is 0 Å². The van der Waals surface area contributed by atoms with Crippen molar-refractivity contribution in [3.05, 3.63) is 34.5 Å². The first-order valence-corrected chi connectivity index (χ1v) is 5.04. The van der Waals surface area contributed by atoms with Crippen molar-refractivity contribution in [1.82, 2.24) is 4.98 Å². The quantitative estimate of drug-likeness (QED) is 0.822. The number of hydrogen-bond acceptors (Lipinski definition) is 1. The molecular formula is C11H10ClNO2. The first-order valence-electron chi connectivity index (χ1n) is 4.67. The molecule has 0 fully saturated rings. The highest BCUT2D eigenvalue weighted by atomic mass is 35.5. The molecule has 4 heteroatoms. The minimum atomic E-state index is -0.988. The van der Waals surface area contributed by atoms with Crippen LogP contribution >= 0.6 is 11.6 Å². The number of rotatable bonds is 2. The van der Waals surface area contributed by atoms with Gasteiger partial charge in [0, 0.05) is 11.6 Å². The topological polar surface area (TPSA) is 53.1 Å². The van der Waals surface area contributed by atoms with Crippen LogP contribution in [-0.4, -0.2) is 16.1 Å². The number of carboxylic acid groups (broad SMARTS) is 1. The molecule has 2 aromatic rings. The van der Waals surface area contributed by atoms with Crippen molar-refractivity contribution in [1.29, 1.82) is 0 Å². The van der Waals surface area contributed by atoms with E-state index in [0.29, 0.717) is 5.02 Å². The molecule has 0 spiro atoms. The standard InChI is InChI=1S/C11H10ClNO2/c1-2-6-5-8(11(14)15)9(12)7-3-4-13-10(6)7/h3-5,13H,2H2,1H3,(H,14,15). The van der Waals surface area contributed by atoms with Crippen LogP contribution in [0.5, 0.6) is 0 Å². The fourth-order valence-electron chi connectivity index (χ4n) is 1.71. The fourth-order valence-corrected chi connectivity index (χ4v) is 2.00. The lowest BCUT2D eigenvalue weighted by Gasteiger charge is -2.05. The van der Waals surface area contributed by atoms with Gasteiger partial charge in [0.15, 0.2) is 0 Å². The van der Waals surface area contributed by atoms with Crippen LogP contribution < -0.4 is 0 Å². The van der Waals surface area contributed by atoms with Crippen LogP contribution in [-0.2, 0) is 6.42 Å². The minimum absolute atomic E-state index is 0.167. The van der Waals surface area contributed by atoms with Gasteiger partial charge in [-0.2, -0.15) is 0 Å². The molecule has 2 rings (SSSR count). The summed E-state index contributed by atoms with van der Waals surface area (Å²) in [6, 6.07) is 3.42. The Morgan fingerprint density at radius 2 is 2.33 bits per heavy atom. The highest BCUT2D eigenvalue weighted by Gasteiger charge is 2.15. The van der Waals surface area contributed by atoms with Gasteiger partial charge in [0.25, 0.3) is 0 Å². The third-order valence-electron chi connectivity index (χ3n) is 2.47. The fraction of sp³-hybridized carbons (Fsp3) is 0.182. The van der Waals surface area contributed by atoms with E-state index in [1.807, 2.05) is 6.92 Å². The molecule has 0 aliphatic carbocycles. The van der Waals surface area contributed by atoms with E-state index in [4.69, 9.17) is 16.7 Å². The smallest absolute Gasteiger partial charge is 0.337 e. The Morgan fingerprint density at radius 3 is 2.93 bits per heavy atom. The lowest BCUT2D eigenvalue weighted by Crippen LogP contribution is -1.99. The summed E-state index contributed by atoms with van der Waals surface area (Å²) in [6.07, 6.45) is 2.54. The molecule has 0 radical (unpaired) electrons. The summed E-state index contributed by atoms with van der Waals surface area (Å²) < 4.78 is 0. The molecule has 15 heavy (non-hydrogen) atoms. The molecule has 0 aliphatic rings. The lowest BCUT2D eigenvalue weighted by molar-refractivity contribution is 0.0697. The molecule has 1 aromatic carbocycles. The number of aryl methyl sites for hydroxylation is 1. The Balaban J connectivity index is 2.84. The van der Waals surface area contributed by atoms with Gasteiger partial charge in [0.2, 0.25) is 0 Å². The van der Waals surface area contributed by atoms with Gasteiger partial charge < -0.3 is 10.1 Å². The van der Waals surface area contributed by atoms with Crippen molar-refractivity contribution in [2.45, 2.75) is 13.3 Å². The number of nitrogens with one attached hydrogen (secondary N) is 1. The third kappa shape index (κ3) is 1.49. The summed E-state index contributed by atoms with van der Waals surface area (Å²) in [6.45, 7) is 1.98. The van der Waals surface area contributed by atoms with Gasteiger partial charge >= 0.3 is 5.97 Å². The third-order valence-corrected chi connectivity index (χ3v) is 2.88. The highest BCUT2D eigenvalue weighted by Crippen LogP contribution is 2.30. The largest absolute Gasteiger partial charge is 0.478 e. The molecule has 2 N–H and O–H groups in total. The maximum absolute atomic E-state index is 11.0. The summed E-state index contributed by atoms with van der Waals surface area (Å²) in [5, 5.41) is 10.1. The molecule has 1 heterocycles. The van der Waals surface area contributed by atoms with Crippen molar-refractivity contribution in [3.63, 3.8) is 0 Å². The van der Waals surface area contributed by atoms with Gasteiger partial charge in [-0.3, -0.25) is 0 Å². The van der Waals surface area contributed by atoms with E-state index in [-0.39, 0.29) is 5.56 Å². The molecule has 0 unspecified atom stereocenters. The van der Waals surface area contributed by atoms with Crippen LogP contribution in [0, 0.1) is 0 Å². The van der Waals surface area contributed by atoms with Crippen molar-refractivity contribution < 1.29 is 9.90 Å². The Bertz CT molecular complexity index is 531. The van der Waals surface area contributed by atoms with E-state index in [1.54, 1.807) is 18.3 Å². The van der Waals surface area contributed by atoms with E-state index in [0.717, 1.165) is 22.9 Å². The van der Waals surface area contributed by atoms with Gasteiger partial charge in [-0.25, -0.2) is 4.79 Å². The molecule has 78 valence electrons. The average Bonchev–Trinajstić information content (AvgIpc) is 2.67. The molecule has 0 saturated heterocycles. The van der Waals surface area contributed by atoms with Crippen LogP contribution in [0.25, 0.3) is 10.9 Å². The molecule has 0 bridgehead atoms. The van der Waals surface area contributed by atoms with Gasteiger partial charge in [-0.05, 0) is 24.1 Å². The number of H-pyrrole nitrogens is 1. The summed E-state index contributed by atoms with van der Waals surface area (Å²) in [4.78, 5) is 14.0. The highest BCUT2D eigenvalue weighted by molar-refractivity contribution is 6.38. The van der Waals surface area contributed by atoms with E-state index in [9.17, 15) is 4.79 Å². The zero-order valence-corrected chi connectivity index (χ0v) is 8.93. The zero-order chi connectivity index (χ0) is 11.0. The number of aromatic amines is 1. The average molecular weight is 224 g/mol. The van der Waals surface area contributed by atoms with Crippen LogP contribution in [0.4, 0.5) is 0 Å². The summed E-state index contributed by atoms with van der Waals surface area (Å²) in [5.74, 6) is -0.988.